The number of rotatable bonds is 3. The van der Waals surface area contributed by atoms with E-state index < -0.39 is 0 Å². The predicted molar refractivity (Wildman–Crippen MR) is 61.2 cm³/mol. The standard InChI is InChI=1S/C12H20N2/c1-9-6-7-12(8-10(9)2)11(3)13-14(4)5/h6-8,11,13H,1-5H3. The van der Waals surface area contributed by atoms with E-state index in [0.717, 1.165) is 0 Å². The van der Waals surface area contributed by atoms with Crippen LogP contribution in [0.3, 0.4) is 0 Å². The highest BCUT2D eigenvalue weighted by Crippen LogP contribution is 2.16. The molecule has 0 fully saturated rings. The van der Waals surface area contributed by atoms with Crippen molar-refractivity contribution >= 4 is 0 Å². The van der Waals surface area contributed by atoms with Crippen molar-refractivity contribution in [2.75, 3.05) is 14.1 Å². The summed E-state index contributed by atoms with van der Waals surface area (Å²) in [6.45, 7) is 6.47. The monoisotopic (exact) mass is 192 g/mol. The largest absolute Gasteiger partial charge is 0.250 e. The first-order chi connectivity index (χ1) is 6.50. The average molecular weight is 192 g/mol. The molecule has 1 N–H and O–H groups in total. The number of aryl methyl sites for hydroxylation is 2. The topological polar surface area (TPSA) is 15.3 Å². The molecule has 2 nitrogen and oxygen atoms in total. The quantitative estimate of drug-likeness (QED) is 0.740. The fraction of sp³-hybridized carbons (Fsp3) is 0.500. The molecule has 0 aromatic heterocycles. The molecule has 0 saturated heterocycles. The Morgan fingerprint density at radius 1 is 1.14 bits per heavy atom. The third-order valence-electron chi connectivity index (χ3n) is 2.48. The Hall–Kier alpha value is -0.860. The van der Waals surface area contributed by atoms with Crippen LogP contribution < -0.4 is 5.43 Å². The molecule has 0 heterocycles. The van der Waals surface area contributed by atoms with Crippen molar-refractivity contribution in [1.82, 2.24) is 10.4 Å². The number of nitrogens with zero attached hydrogens (tertiary/aromatic N) is 1. The highest BCUT2D eigenvalue weighted by molar-refractivity contribution is 5.31. The van der Waals surface area contributed by atoms with Gasteiger partial charge in [0.2, 0.25) is 0 Å². The van der Waals surface area contributed by atoms with Gasteiger partial charge in [-0.25, -0.2) is 5.43 Å². The molecule has 0 saturated carbocycles. The van der Waals surface area contributed by atoms with Gasteiger partial charge < -0.3 is 0 Å². The van der Waals surface area contributed by atoms with Gasteiger partial charge in [-0.05, 0) is 37.5 Å². The van der Waals surface area contributed by atoms with Crippen LogP contribution in [0, 0.1) is 13.8 Å². The molecule has 78 valence electrons. The van der Waals surface area contributed by atoms with Crippen molar-refractivity contribution < 1.29 is 0 Å². The maximum atomic E-state index is 3.34. The highest BCUT2D eigenvalue weighted by Gasteiger charge is 2.05. The molecule has 1 aromatic carbocycles. The number of nitrogens with one attached hydrogen (secondary N) is 1. The summed E-state index contributed by atoms with van der Waals surface area (Å²) in [5.41, 5.74) is 7.38. The van der Waals surface area contributed by atoms with Crippen LogP contribution in [-0.4, -0.2) is 19.1 Å². The van der Waals surface area contributed by atoms with E-state index in [4.69, 9.17) is 0 Å². The molecule has 1 rings (SSSR count). The van der Waals surface area contributed by atoms with Crippen LogP contribution in [0.5, 0.6) is 0 Å². The molecule has 0 aliphatic rings. The minimum absolute atomic E-state index is 0.365. The lowest BCUT2D eigenvalue weighted by molar-refractivity contribution is 0.252. The van der Waals surface area contributed by atoms with E-state index in [1.165, 1.54) is 16.7 Å². The first kappa shape index (κ1) is 11.2. The molecule has 0 aliphatic heterocycles. The van der Waals surface area contributed by atoms with Crippen molar-refractivity contribution in [3.63, 3.8) is 0 Å². The summed E-state index contributed by atoms with van der Waals surface area (Å²) in [4.78, 5) is 0. The third-order valence-corrected chi connectivity index (χ3v) is 2.48. The molecule has 1 atom stereocenters. The molecule has 0 radical (unpaired) electrons. The summed E-state index contributed by atoms with van der Waals surface area (Å²) in [6, 6.07) is 6.97. The smallest absolute Gasteiger partial charge is 0.0436 e. The van der Waals surface area contributed by atoms with Gasteiger partial charge in [-0.2, -0.15) is 0 Å². The zero-order chi connectivity index (χ0) is 10.7. The highest BCUT2D eigenvalue weighted by atomic mass is 15.5. The van der Waals surface area contributed by atoms with Crippen molar-refractivity contribution in [2.24, 2.45) is 0 Å². The predicted octanol–water partition coefficient (Wildman–Crippen LogP) is 2.43. The van der Waals surface area contributed by atoms with E-state index >= 15 is 0 Å². The van der Waals surface area contributed by atoms with E-state index in [1.54, 1.807) is 0 Å². The van der Waals surface area contributed by atoms with Gasteiger partial charge in [-0.1, -0.05) is 18.2 Å². The lowest BCUT2D eigenvalue weighted by Crippen LogP contribution is -2.32. The van der Waals surface area contributed by atoms with Gasteiger partial charge >= 0.3 is 0 Å². The summed E-state index contributed by atoms with van der Waals surface area (Å²) in [5.74, 6) is 0. The first-order valence-electron chi connectivity index (χ1n) is 5.01. The molecule has 14 heavy (non-hydrogen) atoms. The molecule has 1 aromatic rings. The van der Waals surface area contributed by atoms with E-state index in [0.29, 0.717) is 6.04 Å². The van der Waals surface area contributed by atoms with Gasteiger partial charge in [0, 0.05) is 20.1 Å². The van der Waals surface area contributed by atoms with E-state index in [-0.39, 0.29) is 0 Å². The van der Waals surface area contributed by atoms with Gasteiger partial charge in [0.05, 0.1) is 0 Å². The Balaban J connectivity index is 2.80. The first-order valence-corrected chi connectivity index (χ1v) is 5.01. The Bertz CT molecular complexity index is 305. The second-order valence-corrected chi connectivity index (χ2v) is 4.09. The summed E-state index contributed by atoms with van der Waals surface area (Å²) in [6.07, 6.45) is 0. The zero-order valence-corrected chi connectivity index (χ0v) is 9.76. The maximum absolute atomic E-state index is 3.34. The summed E-state index contributed by atoms with van der Waals surface area (Å²) >= 11 is 0. The molecular weight excluding hydrogens is 172 g/mol. The average Bonchev–Trinajstić information content (AvgIpc) is 2.08. The lowest BCUT2D eigenvalue weighted by atomic mass is 10.0. The Morgan fingerprint density at radius 3 is 2.29 bits per heavy atom. The van der Waals surface area contributed by atoms with Crippen molar-refractivity contribution in [3.8, 4) is 0 Å². The molecule has 0 bridgehead atoms. The van der Waals surface area contributed by atoms with Crippen LogP contribution in [-0.2, 0) is 0 Å². The van der Waals surface area contributed by atoms with Crippen LogP contribution >= 0.6 is 0 Å². The number of hydrogen-bond donors (Lipinski definition) is 1. The summed E-state index contributed by atoms with van der Waals surface area (Å²) < 4.78 is 0. The Labute approximate surface area is 86.9 Å². The van der Waals surface area contributed by atoms with Crippen LogP contribution in [0.15, 0.2) is 18.2 Å². The van der Waals surface area contributed by atoms with Crippen molar-refractivity contribution in [1.29, 1.82) is 0 Å². The molecule has 0 amide bonds. The van der Waals surface area contributed by atoms with Gasteiger partial charge in [0.1, 0.15) is 0 Å². The number of benzene rings is 1. The van der Waals surface area contributed by atoms with Crippen LogP contribution in [0.2, 0.25) is 0 Å². The molecule has 0 aliphatic carbocycles. The van der Waals surface area contributed by atoms with E-state index in [1.807, 2.05) is 19.1 Å². The van der Waals surface area contributed by atoms with Crippen molar-refractivity contribution in [2.45, 2.75) is 26.8 Å². The second kappa shape index (κ2) is 4.58. The molecular formula is C12H20N2. The van der Waals surface area contributed by atoms with E-state index in [2.05, 4.69) is 44.4 Å². The third kappa shape index (κ3) is 2.82. The Morgan fingerprint density at radius 2 is 1.79 bits per heavy atom. The molecule has 2 heteroatoms. The van der Waals surface area contributed by atoms with Gasteiger partial charge in [0.25, 0.3) is 0 Å². The maximum Gasteiger partial charge on any atom is 0.0436 e. The minimum atomic E-state index is 0.365. The summed E-state index contributed by atoms with van der Waals surface area (Å²) in [7, 11) is 4.02. The van der Waals surface area contributed by atoms with Crippen molar-refractivity contribution in [3.05, 3.63) is 34.9 Å². The van der Waals surface area contributed by atoms with Gasteiger partial charge in [0.15, 0.2) is 0 Å². The van der Waals surface area contributed by atoms with Crippen LogP contribution in [0.4, 0.5) is 0 Å². The minimum Gasteiger partial charge on any atom is -0.250 e. The van der Waals surface area contributed by atoms with Crippen LogP contribution in [0.1, 0.15) is 29.7 Å². The molecule has 0 spiro atoms. The van der Waals surface area contributed by atoms with Gasteiger partial charge in [-0.3, -0.25) is 5.01 Å². The molecule has 1 unspecified atom stereocenters. The van der Waals surface area contributed by atoms with E-state index in [9.17, 15) is 0 Å². The second-order valence-electron chi connectivity index (χ2n) is 4.09. The SMILES string of the molecule is Cc1ccc(C(C)NN(C)C)cc1C. The zero-order valence-electron chi connectivity index (χ0n) is 9.76. The van der Waals surface area contributed by atoms with Crippen LogP contribution in [0.25, 0.3) is 0 Å². The number of hydrazine groups is 1. The fourth-order valence-corrected chi connectivity index (χ4v) is 1.50. The number of hydrogen-bond acceptors (Lipinski definition) is 2. The normalized spacial score (nSPS) is 13.3. The Kier molecular flexibility index (Phi) is 3.67. The summed E-state index contributed by atoms with van der Waals surface area (Å²) in [5, 5.41) is 1.99. The lowest BCUT2D eigenvalue weighted by Gasteiger charge is -2.20. The fourth-order valence-electron chi connectivity index (χ4n) is 1.50. The van der Waals surface area contributed by atoms with Gasteiger partial charge in [-0.15, -0.1) is 0 Å².